The van der Waals surface area contributed by atoms with Gasteiger partial charge in [-0.05, 0) is 65.8 Å². The van der Waals surface area contributed by atoms with E-state index in [0.29, 0.717) is 38.7 Å². The maximum atomic E-state index is 13.7. The monoisotopic (exact) mass is 675 g/mol. The van der Waals surface area contributed by atoms with Crippen LogP contribution in [0.2, 0.25) is 0 Å². The van der Waals surface area contributed by atoms with Gasteiger partial charge in [0.2, 0.25) is 5.13 Å². The van der Waals surface area contributed by atoms with E-state index in [1.807, 2.05) is 56.3 Å². The molecule has 1 atom stereocenters. The average molecular weight is 676 g/mol. The third kappa shape index (κ3) is 7.22. The quantitative estimate of drug-likeness (QED) is 0.0548. The number of anilines is 1. The molecule has 244 valence electrons. The molecule has 1 aliphatic rings. The SMILES string of the molecule is Cc1ccc(CSc2nnc(N3C(=O)C(=O)C(=C(O)c4ccc(OCc5cccc(C)c5)cc4)C3c3ccc(C(C)(C)C)cc3)s2)cc1. The molecule has 1 saturated heterocycles. The zero-order valence-electron chi connectivity index (χ0n) is 27.6. The number of thioether (sulfide) groups is 1. The number of benzene rings is 4. The minimum absolute atomic E-state index is 0.000922. The van der Waals surface area contributed by atoms with E-state index in [2.05, 4.69) is 61.3 Å². The third-order valence-corrected chi connectivity index (χ3v) is 10.4. The molecule has 0 radical (unpaired) electrons. The Kier molecular flexibility index (Phi) is 9.53. The number of ether oxygens (including phenoxy) is 1. The van der Waals surface area contributed by atoms with Crippen molar-refractivity contribution in [3.63, 3.8) is 0 Å². The van der Waals surface area contributed by atoms with Gasteiger partial charge < -0.3 is 9.84 Å². The van der Waals surface area contributed by atoms with E-state index in [0.717, 1.165) is 22.3 Å². The summed E-state index contributed by atoms with van der Waals surface area (Å²) in [5.74, 6) is -0.486. The van der Waals surface area contributed by atoms with Crippen molar-refractivity contribution in [3.05, 3.63) is 142 Å². The number of aryl methyl sites for hydroxylation is 2. The van der Waals surface area contributed by atoms with Gasteiger partial charge in [0.15, 0.2) is 4.34 Å². The van der Waals surface area contributed by atoms with E-state index in [1.54, 1.807) is 24.3 Å². The highest BCUT2D eigenvalue weighted by Crippen LogP contribution is 2.44. The molecular formula is C39H37N3O4S2. The number of carbonyl (C=O) groups is 2. The fourth-order valence-corrected chi connectivity index (χ4v) is 7.35. The van der Waals surface area contributed by atoms with Gasteiger partial charge in [0.25, 0.3) is 5.78 Å². The zero-order chi connectivity index (χ0) is 34.0. The normalized spacial score (nSPS) is 16.0. The van der Waals surface area contributed by atoms with Gasteiger partial charge in [-0.2, -0.15) is 0 Å². The Morgan fingerprint density at radius 1 is 0.875 bits per heavy atom. The Bertz CT molecular complexity index is 1980. The third-order valence-electron chi connectivity index (χ3n) is 8.24. The van der Waals surface area contributed by atoms with Crippen molar-refractivity contribution < 1.29 is 19.4 Å². The summed E-state index contributed by atoms with van der Waals surface area (Å²) in [6, 6.07) is 30.2. The lowest BCUT2D eigenvalue weighted by molar-refractivity contribution is -0.132. The highest BCUT2D eigenvalue weighted by Gasteiger charge is 2.48. The lowest BCUT2D eigenvalue weighted by atomic mass is 9.85. The van der Waals surface area contributed by atoms with Gasteiger partial charge in [0, 0.05) is 11.3 Å². The van der Waals surface area contributed by atoms with Crippen molar-refractivity contribution in [1.29, 1.82) is 0 Å². The summed E-state index contributed by atoms with van der Waals surface area (Å²) in [6.07, 6.45) is 0. The molecule has 1 aliphatic heterocycles. The second-order valence-electron chi connectivity index (χ2n) is 13.0. The lowest BCUT2D eigenvalue weighted by Gasteiger charge is -2.24. The van der Waals surface area contributed by atoms with Crippen molar-refractivity contribution >= 4 is 45.7 Å². The average Bonchev–Trinajstić information content (AvgIpc) is 3.64. The standard InChI is InChI=1S/C39H37N3O4S2/c1-24-9-11-26(12-10-24)23-47-38-41-40-37(48-38)42-33(28-13-17-30(18-14-28)39(3,4)5)32(35(44)36(42)45)34(43)29-15-19-31(20-16-29)46-22-27-8-6-7-25(2)21-27/h6-21,33,43H,22-23H2,1-5H3. The smallest absolute Gasteiger partial charge is 0.301 e. The van der Waals surface area contributed by atoms with E-state index in [9.17, 15) is 14.7 Å². The van der Waals surface area contributed by atoms with Crippen LogP contribution in [0.15, 0.2) is 107 Å². The summed E-state index contributed by atoms with van der Waals surface area (Å²) in [7, 11) is 0. The van der Waals surface area contributed by atoms with Crippen LogP contribution >= 0.6 is 23.1 Å². The molecule has 1 fully saturated rings. The van der Waals surface area contributed by atoms with Crippen molar-refractivity contribution in [2.24, 2.45) is 0 Å². The Morgan fingerprint density at radius 2 is 1.58 bits per heavy atom. The van der Waals surface area contributed by atoms with Gasteiger partial charge in [-0.25, -0.2) is 0 Å². The zero-order valence-corrected chi connectivity index (χ0v) is 29.2. The van der Waals surface area contributed by atoms with Crippen LogP contribution in [0.3, 0.4) is 0 Å². The number of carbonyl (C=O) groups excluding carboxylic acids is 2. The highest BCUT2D eigenvalue weighted by molar-refractivity contribution is 8.00. The van der Waals surface area contributed by atoms with Gasteiger partial charge in [-0.3, -0.25) is 14.5 Å². The molecule has 48 heavy (non-hydrogen) atoms. The summed E-state index contributed by atoms with van der Waals surface area (Å²) < 4.78 is 6.64. The van der Waals surface area contributed by atoms with Gasteiger partial charge in [0.1, 0.15) is 18.1 Å². The summed E-state index contributed by atoms with van der Waals surface area (Å²) in [6.45, 7) is 10.9. The van der Waals surface area contributed by atoms with Crippen LogP contribution in [-0.2, 0) is 27.4 Å². The summed E-state index contributed by atoms with van der Waals surface area (Å²) in [5.41, 5.74) is 6.64. The van der Waals surface area contributed by atoms with Crippen LogP contribution in [0.4, 0.5) is 5.13 Å². The topological polar surface area (TPSA) is 92.6 Å². The molecule has 7 nitrogen and oxygen atoms in total. The van der Waals surface area contributed by atoms with E-state index in [1.165, 1.54) is 33.6 Å². The number of rotatable bonds is 9. The number of Topliss-reactive ketones (excluding diaryl/α,β-unsaturated/α-hetero) is 1. The molecule has 4 aromatic carbocycles. The molecular weight excluding hydrogens is 639 g/mol. The molecule has 1 amide bonds. The largest absolute Gasteiger partial charge is 0.507 e. The summed E-state index contributed by atoms with van der Waals surface area (Å²) >= 11 is 2.77. The molecule has 0 spiro atoms. The van der Waals surface area contributed by atoms with E-state index >= 15 is 0 Å². The van der Waals surface area contributed by atoms with E-state index < -0.39 is 17.7 Å². The van der Waals surface area contributed by atoms with Gasteiger partial charge >= 0.3 is 5.91 Å². The number of nitrogens with zero attached hydrogens (tertiary/aromatic N) is 3. The molecule has 9 heteroatoms. The van der Waals surface area contributed by atoms with Crippen molar-refractivity contribution in [3.8, 4) is 5.75 Å². The molecule has 0 aliphatic carbocycles. The van der Waals surface area contributed by atoms with Crippen LogP contribution in [0.25, 0.3) is 5.76 Å². The van der Waals surface area contributed by atoms with Crippen molar-refractivity contribution in [1.82, 2.24) is 10.2 Å². The lowest BCUT2D eigenvalue weighted by Crippen LogP contribution is -2.29. The molecule has 5 aromatic rings. The molecule has 6 rings (SSSR count). The molecule has 2 heterocycles. The number of hydrogen-bond donors (Lipinski definition) is 1. The first kappa shape index (κ1) is 33.2. The molecule has 0 saturated carbocycles. The molecule has 1 N–H and O–H groups in total. The van der Waals surface area contributed by atoms with Gasteiger partial charge in [0.05, 0.1) is 11.6 Å². The number of aliphatic hydroxyl groups is 1. The summed E-state index contributed by atoms with van der Waals surface area (Å²) in [5, 5.41) is 20.6. The maximum absolute atomic E-state index is 13.7. The second kappa shape index (κ2) is 13.8. The number of amides is 1. The van der Waals surface area contributed by atoms with Gasteiger partial charge in [-0.15, -0.1) is 10.2 Å². The number of ketones is 1. The highest BCUT2D eigenvalue weighted by atomic mass is 32.2. The van der Waals surface area contributed by atoms with Crippen LogP contribution in [0.1, 0.15) is 65.8 Å². The molecule has 1 unspecified atom stereocenters. The first-order valence-corrected chi connectivity index (χ1v) is 17.5. The van der Waals surface area contributed by atoms with E-state index in [4.69, 9.17) is 4.74 Å². The minimum Gasteiger partial charge on any atom is -0.507 e. The maximum Gasteiger partial charge on any atom is 0.301 e. The van der Waals surface area contributed by atoms with Crippen molar-refractivity contribution in [2.75, 3.05) is 4.90 Å². The van der Waals surface area contributed by atoms with Crippen molar-refractivity contribution in [2.45, 2.75) is 62.8 Å². The fraction of sp³-hybridized carbons (Fsp3) is 0.231. The number of hydrogen-bond acceptors (Lipinski definition) is 8. The number of aromatic nitrogens is 2. The second-order valence-corrected chi connectivity index (χ2v) is 15.1. The predicted octanol–water partition coefficient (Wildman–Crippen LogP) is 8.95. The first-order valence-electron chi connectivity index (χ1n) is 15.7. The predicted molar refractivity (Wildman–Crippen MR) is 193 cm³/mol. The van der Waals surface area contributed by atoms with Crippen LogP contribution in [0, 0.1) is 13.8 Å². The summed E-state index contributed by atoms with van der Waals surface area (Å²) in [4.78, 5) is 28.8. The van der Waals surface area contributed by atoms with Crippen LogP contribution < -0.4 is 9.64 Å². The Hall–Kier alpha value is -4.73. The fourth-order valence-electron chi connectivity index (χ4n) is 5.53. The Labute approximate surface area is 289 Å². The number of aliphatic hydroxyl groups excluding tert-OH is 1. The first-order chi connectivity index (χ1) is 23.0. The minimum atomic E-state index is -0.890. The van der Waals surface area contributed by atoms with Crippen LogP contribution in [0.5, 0.6) is 5.75 Å². The molecule has 1 aromatic heterocycles. The van der Waals surface area contributed by atoms with Gasteiger partial charge in [-0.1, -0.05) is 128 Å². The van der Waals surface area contributed by atoms with E-state index in [-0.39, 0.29) is 16.7 Å². The van der Waals surface area contributed by atoms with Crippen LogP contribution in [-0.4, -0.2) is 27.0 Å². The Balaban J connectivity index is 1.32. The Morgan fingerprint density at radius 3 is 2.25 bits per heavy atom. The molecule has 0 bridgehead atoms.